The second-order valence-electron chi connectivity index (χ2n) is 4.46. The van der Waals surface area contributed by atoms with E-state index >= 15 is 0 Å². The summed E-state index contributed by atoms with van der Waals surface area (Å²) >= 11 is 0. The van der Waals surface area contributed by atoms with Gasteiger partial charge in [-0.05, 0) is 0 Å². The van der Waals surface area contributed by atoms with Gasteiger partial charge >= 0.3 is 0 Å². The number of aliphatic hydroxyl groups is 2. The average molecular weight is 285 g/mol. The van der Waals surface area contributed by atoms with Gasteiger partial charge in [-0.1, -0.05) is 0 Å². The molecule has 0 amide bonds. The fourth-order valence-corrected chi connectivity index (χ4v) is 2.21. The molecule has 3 heterocycles. The number of hydrogen-bond acceptors (Lipinski definition) is 7. The molecule has 0 aromatic carbocycles. The van der Waals surface area contributed by atoms with Crippen molar-refractivity contribution in [2.75, 3.05) is 12.3 Å². The molecule has 0 radical (unpaired) electrons. The largest absolute Gasteiger partial charge is 0.394 e. The number of ether oxygens (including phenoxy) is 1. The maximum absolute atomic E-state index is 13.7. The molecule has 1 aliphatic rings. The van der Waals surface area contributed by atoms with E-state index in [4.69, 9.17) is 15.6 Å². The van der Waals surface area contributed by atoms with Gasteiger partial charge in [-0.15, -0.1) is 0 Å². The van der Waals surface area contributed by atoms with Gasteiger partial charge < -0.3 is 20.7 Å². The number of aromatic nitrogens is 4. The number of fused-ring (bicyclic) bond motifs is 1. The first kappa shape index (κ1) is 13.0. The lowest BCUT2D eigenvalue weighted by Gasteiger charge is -2.15. The maximum Gasteiger partial charge on any atom is 0.280 e. The van der Waals surface area contributed by atoms with Crippen LogP contribution in [-0.2, 0) is 4.74 Å². The quantitative estimate of drug-likeness (QED) is 0.515. The number of anilines is 1. The summed E-state index contributed by atoms with van der Waals surface area (Å²) in [5.74, 6) is -0.132. The Kier molecular flexibility index (Phi) is 2.92. The minimum absolute atomic E-state index is 0.00198. The van der Waals surface area contributed by atoms with E-state index in [1.807, 2.05) is 0 Å². The van der Waals surface area contributed by atoms with Crippen molar-refractivity contribution in [3.05, 3.63) is 16.7 Å². The van der Waals surface area contributed by atoms with Crippen LogP contribution in [0.2, 0.25) is 0 Å². The molecule has 0 unspecified atom stereocenters. The molecule has 0 spiro atoms. The second kappa shape index (κ2) is 4.51. The van der Waals surface area contributed by atoms with Gasteiger partial charge in [0.05, 0.1) is 12.9 Å². The van der Waals surface area contributed by atoms with Crippen LogP contribution < -0.4 is 11.3 Å². The van der Waals surface area contributed by atoms with Gasteiger partial charge in [0.2, 0.25) is 5.95 Å². The molecule has 5 N–H and O–H groups in total. The van der Waals surface area contributed by atoms with Crippen LogP contribution in [0.15, 0.2) is 11.1 Å². The van der Waals surface area contributed by atoms with Gasteiger partial charge in [0.25, 0.3) is 5.56 Å². The maximum atomic E-state index is 13.7. The van der Waals surface area contributed by atoms with Crippen LogP contribution in [0.1, 0.15) is 6.23 Å². The van der Waals surface area contributed by atoms with Gasteiger partial charge in [-0.25, -0.2) is 9.37 Å². The van der Waals surface area contributed by atoms with E-state index < -0.39 is 36.8 Å². The smallest absolute Gasteiger partial charge is 0.280 e. The molecule has 0 saturated carbocycles. The van der Waals surface area contributed by atoms with E-state index in [9.17, 15) is 14.3 Å². The van der Waals surface area contributed by atoms with Crippen molar-refractivity contribution in [2.45, 2.75) is 24.6 Å². The summed E-state index contributed by atoms with van der Waals surface area (Å²) < 4.78 is 20.1. The zero-order valence-corrected chi connectivity index (χ0v) is 10.1. The molecule has 3 rings (SSSR count). The van der Waals surface area contributed by atoms with Gasteiger partial charge in [-0.3, -0.25) is 14.3 Å². The van der Waals surface area contributed by atoms with Crippen molar-refractivity contribution in [3.63, 3.8) is 0 Å². The Morgan fingerprint density at radius 1 is 1.60 bits per heavy atom. The van der Waals surface area contributed by atoms with Crippen LogP contribution in [0.25, 0.3) is 11.2 Å². The molecule has 9 nitrogen and oxygen atoms in total. The average Bonchev–Trinajstić information content (AvgIpc) is 2.93. The molecule has 0 bridgehead atoms. The Balaban J connectivity index is 2.09. The molecule has 108 valence electrons. The molecule has 2 aromatic heterocycles. The Morgan fingerprint density at radius 2 is 2.35 bits per heavy atom. The van der Waals surface area contributed by atoms with Crippen LogP contribution in [0.5, 0.6) is 0 Å². The highest BCUT2D eigenvalue weighted by Crippen LogP contribution is 2.32. The zero-order chi connectivity index (χ0) is 14.4. The normalized spacial score (nSPS) is 30.1. The fraction of sp³-hybridized carbons (Fsp3) is 0.500. The summed E-state index contributed by atoms with van der Waals surface area (Å²) in [6.45, 7) is -0.572. The van der Waals surface area contributed by atoms with E-state index in [2.05, 4.69) is 15.0 Å². The Bertz CT molecular complexity index is 701. The van der Waals surface area contributed by atoms with Crippen LogP contribution in [-0.4, -0.2) is 54.7 Å². The summed E-state index contributed by atoms with van der Waals surface area (Å²) in [7, 11) is 0. The number of imidazole rings is 1. The lowest BCUT2D eigenvalue weighted by Crippen LogP contribution is -2.29. The van der Waals surface area contributed by atoms with Crippen LogP contribution in [0.4, 0.5) is 10.3 Å². The third kappa shape index (κ3) is 1.77. The molecule has 20 heavy (non-hydrogen) atoms. The molecule has 2 aromatic rings. The second-order valence-corrected chi connectivity index (χ2v) is 4.46. The third-order valence-corrected chi connectivity index (χ3v) is 3.19. The van der Waals surface area contributed by atoms with Crippen molar-refractivity contribution in [3.8, 4) is 0 Å². The highest BCUT2D eigenvalue weighted by atomic mass is 19.1. The Morgan fingerprint density at radius 3 is 3.00 bits per heavy atom. The van der Waals surface area contributed by atoms with Crippen LogP contribution >= 0.6 is 0 Å². The molecule has 1 fully saturated rings. The van der Waals surface area contributed by atoms with Crippen LogP contribution in [0.3, 0.4) is 0 Å². The molecular formula is C10H12FN5O4. The zero-order valence-electron chi connectivity index (χ0n) is 10.1. The first-order chi connectivity index (χ1) is 9.52. The highest BCUT2D eigenvalue weighted by Gasteiger charge is 2.45. The number of nitrogen functional groups attached to an aromatic ring is 1. The van der Waals surface area contributed by atoms with Crippen molar-refractivity contribution >= 4 is 17.1 Å². The number of aromatic amines is 1. The van der Waals surface area contributed by atoms with Crippen molar-refractivity contribution in [2.24, 2.45) is 0 Å². The Hall–Kier alpha value is -2.04. The highest BCUT2D eigenvalue weighted by molar-refractivity contribution is 5.70. The number of rotatable bonds is 2. The number of halogens is 1. The fourth-order valence-electron chi connectivity index (χ4n) is 2.21. The summed E-state index contributed by atoms with van der Waals surface area (Å²) in [6.07, 6.45) is -4.34. The number of nitrogens with zero attached hydrogens (tertiary/aromatic N) is 3. The van der Waals surface area contributed by atoms with Crippen LogP contribution in [0, 0.1) is 0 Å². The molecule has 1 saturated heterocycles. The lowest BCUT2D eigenvalue weighted by molar-refractivity contribution is -0.0495. The predicted octanol–water partition coefficient (Wildman–Crippen LogP) is -1.71. The van der Waals surface area contributed by atoms with E-state index in [1.165, 1.54) is 10.9 Å². The van der Waals surface area contributed by atoms with E-state index in [0.29, 0.717) is 0 Å². The summed E-state index contributed by atoms with van der Waals surface area (Å²) in [4.78, 5) is 21.6. The first-order valence-corrected chi connectivity index (χ1v) is 5.83. The van der Waals surface area contributed by atoms with Crippen molar-refractivity contribution in [1.29, 1.82) is 0 Å². The molecule has 4 atom stereocenters. The van der Waals surface area contributed by atoms with Crippen molar-refractivity contribution in [1.82, 2.24) is 19.5 Å². The number of H-pyrrole nitrogens is 1. The van der Waals surface area contributed by atoms with Gasteiger partial charge in [0.15, 0.2) is 23.6 Å². The minimum Gasteiger partial charge on any atom is -0.394 e. The van der Waals surface area contributed by atoms with Crippen molar-refractivity contribution < 1.29 is 19.3 Å². The number of hydrogen-bond donors (Lipinski definition) is 4. The number of alkyl halides is 1. The summed E-state index contributed by atoms with van der Waals surface area (Å²) in [5.41, 5.74) is 4.96. The van der Waals surface area contributed by atoms with E-state index in [0.717, 1.165) is 0 Å². The minimum atomic E-state index is -1.75. The van der Waals surface area contributed by atoms with E-state index in [-0.39, 0.29) is 17.1 Å². The van der Waals surface area contributed by atoms with Gasteiger partial charge in [0.1, 0.15) is 12.2 Å². The predicted molar refractivity (Wildman–Crippen MR) is 64.5 cm³/mol. The lowest BCUT2D eigenvalue weighted by atomic mass is 10.1. The summed E-state index contributed by atoms with van der Waals surface area (Å²) in [6, 6.07) is 0. The third-order valence-electron chi connectivity index (χ3n) is 3.19. The monoisotopic (exact) mass is 285 g/mol. The number of aliphatic hydroxyl groups excluding tert-OH is 2. The molecule has 0 aliphatic carbocycles. The number of nitrogens with two attached hydrogens (primary N) is 1. The van der Waals surface area contributed by atoms with Gasteiger partial charge in [-0.2, -0.15) is 4.98 Å². The van der Waals surface area contributed by atoms with E-state index in [1.54, 1.807) is 0 Å². The molecular weight excluding hydrogens is 273 g/mol. The topological polar surface area (TPSA) is 139 Å². The first-order valence-electron chi connectivity index (χ1n) is 5.83. The standard InChI is InChI=1S/C10H12FN5O4/c11-4-3(1-17)20-9(6(4)18)16-2-13-5-7(16)14-10(12)15-8(5)19/h2-4,6,9,17-18H,1H2,(H3,12,14,15,19)/t3-,4-,6+,9-/m1/s1. The molecule has 1 aliphatic heterocycles. The SMILES string of the molecule is Nc1nc2c(ncn2[C@@H]2O[C@H](CO)[C@@H](F)[C@@H]2O)c(=O)[nH]1. The summed E-state index contributed by atoms with van der Waals surface area (Å²) in [5, 5.41) is 18.8. The molecule has 10 heteroatoms. The number of nitrogens with one attached hydrogen (secondary N) is 1. The van der Waals surface area contributed by atoms with Gasteiger partial charge in [0, 0.05) is 0 Å². The Labute approximate surface area is 110 Å².